The van der Waals surface area contributed by atoms with Crippen LogP contribution in [-0.2, 0) is 0 Å². The first-order valence-electron chi connectivity index (χ1n) is 5.92. The van der Waals surface area contributed by atoms with E-state index in [0.29, 0.717) is 11.7 Å². The minimum Gasteiger partial charge on any atom is -0.393 e. The summed E-state index contributed by atoms with van der Waals surface area (Å²) >= 11 is 0. The van der Waals surface area contributed by atoms with Gasteiger partial charge < -0.3 is 15.4 Å². The van der Waals surface area contributed by atoms with Crippen molar-refractivity contribution in [3.63, 3.8) is 0 Å². The predicted molar refractivity (Wildman–Crippen MR) is 66.5 cm³/mol. The van der Waals surface area contributed by atoms with Gasteiger partial charge in [0, 0.05) is 13.1 Å². The van der Waals surface area contributed by atoms with Gasteiger partial charge in [-0.3, -0.25) is 4.98 Å². The fourth-order valence-corrected chi connectivity index (χ4v) is 2.19. The third-order valence-corrected chi connectivity index (χ3v) is 3.32. The molecule has 1 fully saturated rings. The Morgan fingerprint density at radius 3 is 2.76 bits per heavy atom. The molecule has 0 amide bonds. The van der Waals surface area contributed by atoms with Gasteiger partial charge in [0.2, 0.25) is 0 Å². The highest BCUT2D eigenvalue weighted by atomic mass is 16.3. The monoisotopic (exact) mass is 237 g/mol. The molecule has 1 aliphatic rings. The highest BCUT2D eigenvalue weighted by molar-refractivity contribution is 5.43. The fraction of sp³-hybridized carbons (Fsp3) is 0.636. The molecule has 1 atom stereocenters. The molecule has 1 aliphatic heterocycles. The third kappa shape index (κ3) is 2.83. The molecule has 0 saturated carbocycles. The Labute approximate surface area is 101 Å². The summed E-state index contributed by atoms with van der Waals surface area (Å²) in [4.78, 5) is 10.6. The molecular formula is C11H19N5O. The van der Waals surface area contributed by atoms with Gasteiger partial charge in [-0.25, -0.2) is 10.8 Å². The molecule has 17 heavy (non-hydrogen) atoms. The average Bonchev–Trinajstić information content (AvgIpc) is 2.39. The van der Waals surface area contributed by atoms with E-state index < -0.39 is 0 Å². The summed E-state index contributed by atoms with van der Waals surface area (Å²) in [6.07, 6.45) is 5.08. The minimum absolute atomic E-state index is 0.222. The van der Waals surface area contributed by atoms with Crippen LogP contribution in [0.3, 0.4) is 0 Å². The number of hydrogen-bond donors (Lipinski definition) is 3. The van der Waals surface area contributed by atoms with Crippen LogP contribution in [0.15, 0.2) is 12.4 Å². The van der Waals surface area contributed by atoms with E-state index >= 15 is 0 Å². The number of aromatic nitrogens is 2. The van der Waals surface area contributed by atoms with Gasteiger partial charge in [-0.1, -0.05) is 0 Å². The maximum absolute atomic E-state index is 9.54. The fourth-order valence-electron chi connectivity index (χ4n) is 2.19. The minimum atomic E-state index is -0.222. The summed E-state index contributed by atoms with van der Waals surface area (Å²) in [6, 6.07) is 0. The number of aliphatic hydroxyl groups excluding tert-OH is 1. The summed E-state index contributed by atoms with van der Waals surface area (Å²) in [5.41, 5.74) is 2.49. The van der Waals surface area contributed by atoms with Crippen molar-refractivity contribution in [2.45, 2.75) is 25.9 Å². The summed E-state index contributed by atoms with van der Waals surface area (Å²) in [5, 5.41) is 9.54. The van der Waals surface area contributed by atoms with Gasteiger partial charge in [0.25, 0.3) is 0 Å². The number of nitrogen functional groups attached to an aromatic ring is 1. The SMILES string of the molecule is CC(O)C1CCN(c2cncc(NN)n2)CC1. The molecule has 1 unspecified atom stereocenters. The van der Waals surface area contributed by atoms with Crippen LogP contribution in [-0.4, -0.2) is 34.3 Å². The van der Waals surface area contributed by atoms with E-state index in [1.54, 1.807) is 12.4 Å². The van der Waals surface area contributed by atoms with Crippen molar-refractivity contribution < 1.29 is 5.11 Å². The Kier molecular flexibility index (Phi) is 3.75. The summed E-state index contributed by atoms with van der Waals surface area (Å²) in [7, 11) is 0. The number of hydrazine groups is 1. The number of nitrogens with one attached hydrogen (secondary N) is 1. The van der Waals surface area contributed by atoms with Gasteiger partial charge in [-0.2, -0.15) is 0 Å². The lowest BCUT2D eigenvalue weighted by Crippen LogP contribution is -2.37. The first-order valence-corrected chi connectivity index (χ1v) is 5.92. The Hall–Kier alpha value is -1.40. The zero-order valence-electron chi connectivity index (χ0n) is 10.0. The van der Waals surface area contributed by atoms with Crippen LogP contribution in [0.5, 0.6) is 0 Å². The number of nitrogens with zero attached hydrogens (tertiary/aromatic N) is 3. The average molecular weight is 237 g/mol. The molecule has 4 N–H and O–H groups in total. The molecule has 2 heterocycles. The molecule has 94 valence electrons. The number of rotatable bonds is 3. The van der Waals surface area contributed by atoms with Gasteiger partial charge >= 0.3 is 0 Å². The van der Waals surface area contributed by atoms with Crippen molar-refractivity contribution in [1.82, 2.24) is 9.97 Å². The molecule has 1 aromatic heterocycles. The number of anilines is 2. The Balaban J connectivity index is 2.00. The first kappa shape index (κ1) is 12.1. The highest BCUT2D eigenvalue weighted by Crippen LogP contribution is 2.24. The van der Waals surface area contributed by atoms with Gasteiger partial charge in [-0.05, 0) is 25.7 Å². The van der Waals surface area contributed by atoms with Gasteiger partial charge in [0.1, 0.15) is 5.82 Å². The van der Waals surface area contributed by atoms with Crippen molar-refractivity contribution in [3.8, 4) is 0 Å². The van der Waals surface area contributed by atoms with Crippen molar-refractivity contribution in [2.24, 2.45) is 11.8 Å². The second-order valence-electron chi connectivity index (χ2n) is 4.47. The van der Waals surface area contributed by atoms with Gasteiger partial charge in [0.15, 0.2) is 5.82 Å². The van der Waals surface area contributed by atoms with E-state index in [4.69, 9.17) is 5.84 Å². The number of hydrogen-bond acceptors (Lipinski definition) is 6. The van der Waals surface area contributed by atoms with E-state index in [2.05, 4.69) is 20.3 Å². The third-order valence-electron chi connectivity index (χ3n) is 3.32. The quantitative estimate of drug-likeness (QED) is 0.520. The Morgan fingerprint density at radius 1 is 1.47 bits per heavy atom. The molecule has 6 nitrogen and oxygen atoms in total. The molecule has 2 rings (SSSR count). The lowest BCUT2D eigenvalue weighted by atomic mass is 9.92. The summed E-state index contributed by atoms with van der Waals surface area (Å²) in [5.74, 6) is 7.11. The molecule has 0 aliphatic carbocycles. The van der Waals surface area contributed by atoms with Crippen LogP contribution >= 0.6 is 0 Å². The van der Waals surface area contributed by atoms with Crippen LogP contribution in [0.1, 0.15) is 19.8 Å². The van der Waals surface area contributed by atoms with Crippen LogP contribution in [0, 0.1) is 5.92 Å². The lowest BCUT2D eigenvalue weighted by molar-refractivity contribution is 0.110. The molecule has 1 saturated heterocycles. The standard InChI is InChI=1S/C11H19N5O/c1-8(17)9-2-4-16(5-3-9)11-7-13-6-10(14-11)15-12/h6-9,17H,2-5,12H2,1H3,(H,14,15). The first-order chi connectivity index (χ1) is 8.20. The van der Waals surface area contributed by atoms with Crippen molar-refractivity contribution in [2.75, 3.05) is 23.4 Å². The van der Waals surface area contributed by atoms with E-state index in [1.165, 1.54) is 0 Å². The maximum Gasteiger partial charge on any atom is 0.160 e. The predicted octanol–water partition coefficient (Wildman–Crippen LogP) is 0.359. The van der Waals surface area contributed by atoms with Crippen LogP contribution in [0.4, 0.5) is 11.6 Å². The van der Waals surface area contributed by atoms with Crippen molar-refractivity contribution in [1.29, 1.82) is 0 Å². The largest absolute Gasteiger partial charge is 0.393 e. The van der Waals surface area contributed by atoms with Crippen LogP contribution in [0.2, 0.25) is 0 Å². The van der Waals surface area contributed by atoms with Crippen molar-refractivity contribution in [3.05, 3.63) is 12.4 Å². The number of aliphatic hydroxyl groups is 1. The molecule has 0 spiro atoms. The molecular weight excluding hydrogens is 218 g/mol. The van der Waals surface area contributed by atoms with Crippen LogP contribution in [0.25, 0.3) is 0 Å². The second-order valence-corrected chi connectivity index (χ2v) is 4.47. The van der Waals surface area contributed by atoms with E-state index in [0.717, 1.165) is 31.7 Å². The normalized spacial score (nSPS) is 19.1. The number of piperidine rings is 1. The van der Waals surface area contributed by atoms with Gasteiger partial charge in [0.05, 0.1) is 18.5 Å². The zero-order valence-corrected chi connectivity index (χ0v) is 10.0. The zero-order chi connectivity index (χ0) is 12.3. The second kappa shape index (κ2) is 5.29. The van der Waals surface area contributed by atoms with E-state index in [1.807, 2.05) is 6.92 Å². The Bertz CT molecular complexity index is 363. The van der Waals surface area contributed by atoms with E-state index in [9.17, 15) is 5.11 Å². The molecule has 0 radical (unpaired) electrons. The van der Waals surface area contributed by atoms with E-state index in [-0.39, 0.29) is 6.10 Å². The van der Waals surface area contributed by atoms with Crippen LogP contribution < -0.4 is 16.2 Å². The summed E-state index contributed by atoms with van der Waals surface area (Å²) in [6.45, 7) is 3.66. The van der Waals surface area contributed by atoms with Crippen molar-refractivity contribution >= 4 is 11.6 Å². The number of nitrogens with two attached hydrogens (primary N) is 1. The maximum atomic E-state index is 9.54. The molecule has 0 aromatic carbocycles. The smallest absolute Gasteiger partial charge is 0.160 e. The topological polar surface area (TPSA) is 87.3 Å². The summed E-state index contributed by atoms with van der Waals surface area (Å²) < 4.78 is 0. The molecule has 6 heteroatoms. The highest BCUT2D eigenvalue weighted by Gasteiger charge is 2.23. The van der Waals surface area contributed by atoms with Gasteiger partial charge in [-0.15, -0.1) is 0 Å². The Morgan fingerprint density at radius 2 is 2.18 bits per heavy atom. The molecule has 1 aromatic rings. The molecule has 0 bridgehead atoms. The lowest BCUT2D eigenvalue weighted by Gasteiger charge is -2.33.